The highest BCUT2D eigenvalue weighted by Gasteiger charge is 2.58. The molecule has 190 valence electrons. The molecule has 2 aromatic heterocycles. The van der Waals surface area contributed by atoms with E-state index in [-0.39, 0.29) is 34.8 Å². The summed E-state index contributed by atoms with van der Waals surface area (Å²) in [6, 6.07) is 18.7. The molecular formula is C27H24N2O6S2. The van der Waals surface area contributed by atoms with E-state index in [1.807, 2.05) is 43.5 Å². The van der Waals surface area contributed by atoms with E-state index in [9.17, 15) is 18.0 Å². The maximum Gasteiger partial charge on any atom is 0.410 e. The molecule has 3 heterocycles. The highest BCUT2D eigenvalue weighted by atomic mass is 32.2. The predicted octanol–water partition coefficient (Wildman–Crippen LogP) is 4.42. The largest absolute Gasteiger partial charge is 0.445 e. The van der Waals surface area contributed by atoms with Gasteiger partial charge in [-0.05, 0) is 36.5 Å². The lowest BCUT2D eigenvalue weighted by molar-refractivity contribution is 0.0998. The molecule has 10 heteroatoms. The van der Waals surface area contributed by atoms with Crippen LogP contribution >= 0.6 is 11.3 Å². The fourth-order valence-electron chi connectivity index (χ4n) is 5.00. The lowest BCUT2D eigenvalue weighted by Crippen LogP contribution is -2.31. The number of carbonyl (C=O) groups excluding carboxylic acids is 1. The van der Waals surface area contributed by atoms with Gasteiger partial charge in [-0.2, -0.15) is 8.42 Å². The highest BCUT2D eigenvalue weighted by Crippen LogP contribution is 2.59. The third kappa shape index (κ3) is 4.62. The molecule has 1 amide bonds. The summed E-state index contributed by atoms with van der Waals surface area (Å²) in [6.45, 7) is 3.35. The summed E-state index contributed by atoms with van der Waals surface area (Å²) in [5.74, 6) is 0.904. The molecule has 6 rings (SSSR count). The molecular weight excluding hydrogens is 512 g/mol. The van der Waals surface area contributed by atoms with Gasteiger partial charge >= 0.3 is 16.2 Å². The Morgan fingerprint density at radius 2 is 1.73 bits per heavy atom. The maximum absolute atomic E-state index is 12.7. The molecule has 37 heavy (non-hydrogen) atoms. The Bertz CT molecular complexity index is 1630. The van der Waals surface area contributed by atoms with Crippen LogP contribution in [0.5, 0.6) is 5.75 Å². The van der Waals surface area contributed by atoms with Gasteiger partial charge in [0, 0.05) is 42.2 Å². The van der Waals surface area contributed by atoms with Crippen molar-refractivity contribution in [3.8, 4) is 5.75 Å². The van der Waals surface area contributed by atoms with Gasteiger partial charge < -0.3 is 13.8 Å². The van der Waals surface area contributed by atoms with Crippen LogP contribution in [0.1, 0.15) is 21.9 Å². The van der Waals surface area contributed by atoms with Gasteiger partial charge in [0.05, 0.1) is 0 Å². The van der Waals surface area contributed by atoms with Gasteiger partial charge in [-0.15, -0.1) is 11.3 Å². The van der Waals surface area contributed by atoms with Crippen LogP contribution in [0.25, 0.3) is 4.83 Å². The molecule has 2 fully saturated rings. The fraction of sp³-hybridized carbons (Fsp3) is 0.259. The van der Waals surface area contributed by atoms with E-state index < -0.39 is 10.1 Å². The zero-order chi connectivity index (χ0) is 25.7. The van der Waals surface area contributed by atoms with Crippen LogP contribution in [-0.2, 0) is 21.5 Å². The van der Waals surface area contributed by atoms with Crippen LogP contribution in [0.4, 0.5) is 4.79 Å². The third-order valence-corrected chi connectivity index (χ3v) is 9.38. The molecule has 0 unspecified atom stereocenters. The van der Waals surface area contributed by atoms with Crippen molar-refractivity contribution in [2.24, 2.45) is 11.8 Å². The number of amides is 1. The van der Waals surface area contributed by atoms with Gasteiger partial charge in [0.25, 0.3) is 5.56 Å². The summed E-state index contributed by atoms with van der Waals surface area (Å²) >= 11 is 1.45. The third-order valence-electron chi connectivity index (χ3n) is 6.99. The molecule has 4 aromatic rings. The van der Waals surface area contributed by atoms with Gasteiger partial charge in [-0.25, -0.2) is 4.79 Å². The fourth-order valence-corrected chi connectivity index (χ4v) is 7.22. The lowest BCUT2D eigenvalue weighted by atomic mass is 10.2. The second-order valence-corrected chi connectivity index (χ2v) is 12.2. The quantitative estimate of drug-likeness (QED) is 0.339. The number of nitrogens with zero attached hydrogens (tertiary/aromatic N) is 2. The molecule has 0 bridgehead atoms. The number of piperidine rings is 1. The molecule has 2 aliphatic rings. The Balaban J connectivity index is 1.13. The first-order valence-corrected chi connectivity index (χ1v) is 14.1. The molecule has 1 saturated heterocycles. The number of fused-ring (bicyclic) bond motifs is 2. The Labute approximate surface area is 217 Å². The topological polar surface area (TPSA) is 94.4 Å². The average molecular weight is 537 g/mol. The van der Waals surface area contributed by atoms with Gasteiger partial charge in [-0.1, -0.05) is 48.0 Å². The monoisotopic (exact) mass is 536 g/mol. The molecule has 1 aliphatic heterocycles. The zero-order valence-corrected chi connectivity index (χ0v) is 21.6. The van der Waals surface area contributed by atoms with Crippen molar-refractivity contribution in [1.82, 2.24) is 9.30 Å². The maximum atomic E-state index is 12.7. The smallest absolute Gasteiger partial charge is 0.410 e. The van der Waals surface area contributed by atoms with Crippen LogP contribution in [0.2, 0.25) is 0 Å². The predicted molar refractivity (Wildman–Crippen MR) is 138 cm³/mol. The molecule has 0 radical (unpaired) electrons. The van der Waals surface area contributed by atoms with Crippen molar-refractivity contribution in [1.29, 1.82) is 0 Å². The summed E-state index contributed by atoms with van der Waals surface area (Å²) in [5, 5.41) is 0. The van der Waals surface area contributed by atoms with Crippen molar-refractivity contribution < 1.29 is 22.1 Å². The normalized spacial score (nSPS) is 20.6. The number of carbonyl (C=O) groups is 1. The number of aromatic nitrogens is 1. The number of ether oxygens (including phenoxy) is 1. The minimum Gasteiger partial charge on any atom is -0.445 e. The average Bonchev–Trinajstić information content (AvgIpc) is 3.19. The Hall–Kier alpha value is -3.63. The molecule has 0 spiro atoms. The van der Waals surface area contributed by atoms with E-state index in [1.54, 1.807) is 23.1 Å². The number of thiazole rings is 1. The molecule has 1 aliphatic carbocycles. The first kappa shape index (κ1) is 23.7. The number of hydrogen-bond acceptors (Lipinski definition) is 7. The molecule has 1 saturated carbocycles. The van der Waals surface area contributed by atoms with Crippen LogP contribution in [0.3, 0.4) is 0 Å². The van der Waals surface area contributed by atoms with Crippen molar-refractivity contribution in [2.75, 3.05) is 13.1 Å². The van der Waals surface area contributed by atoms with E-state index in [2.05, 4.69) is 0 Å². The van der Waals surface area contributed by atoms with Crippen LogP contribution in [0, 0.1) is 18.8 Å². The van der Waals surface area contributed by atoms with Gasteiger partial charge in [0.1, 0.15) is 16.3 Å². The Morgan fingerprint density at radius 1 is 1.03 bits per heavy atom. The van der Waals surface area contributed by atoms with Crippen molar-refractivity contribution in [2.45, 2.75) is 24.3 Å². The standard InChI is InChI=1S/C27H24N2O6S2/c1-17-7-9-20(10-8-17)37(32,33)35-19-11-24(30)29-15-23(36-25(29)12-19)26-21-13-28(14-22(21)26)27(31)34-16-18-5-3-2-4-6-18/h2-12,15,21-22,26H,13-14,16H2,1H3/t21-,22+,26+. The minimum atomic E-state index is -4.05. The van der Waals surface area contributed by atoms with Crippen LogP contribution in [0.15, 0.2) is 82.6 Å². The Kier molecular flexibility index (Phi) is 5.80. The minimum absolute atomic E-state index is 0.0118. The number of rotatable bonds is 6. The second-order valence-electron chi connectivity index (χ2n) is 9.52. The molecule has 0 N–H and O–H groups in total. The van der Waals surface area contributed by atoms with Crippen molar-refractivity contribution in [3.05, 3.63) is 99.3 Å². The van der Waals surface area contributed by atoms with Crippen LogP contribution < -0.4 is 9.74 Å². The lowest BCUT2D eigenvalue weighted by Gasteiger charge is -2.19. The number of likely N-dealkylation sites (tertiary alicyclic amines) is 1. The Morgan fingerprint density at radius 3 is 2.43 bits per heavy atom. The van der Waals surface area contributed by atoms with Gasteiger partial charge in [-0.3, -0.25) is 9.20 Å². The molecule has 8 nitrogen and oxygen atoms in total. The summed E-state index contributed by atoms with van der Waals surface area (Å²) in [5.41, 5.74) is 1.52. The van der Waals surface area contributed by atoms with E-state index in [4.69, 9.17) is 8.92 Å². The number of aryl methyl sites for hydroxylation is 1. The number of hydrogen-bond donors (Lipinski definition) is 0. The van der Waals surface area contributed by atoms with Gasteiger partial charge in [0.2, 0.25) is 0 Å². The van der Waals surface area contributed by atoms with Crippen molar-refractivity contribution >= 4 is 32.4 Å². The van der Waals surface area contributed by atoms with E-state index in [1.165, 1.54) is 33.9 Å². The van der Waals surface area contributed by atoms with E-state index >= 15 is 0 Å². The first-order valence-electron chi connectivity index (χ1n) is 11.9. The van der Waals surface area contributed by atoms with Crippen LogP contribution in [-0.4, -0.2) is 36.9 Å². The summed E-state index contributed by atoms with van der Waals surface area (Å²) in [6.07, 6.45) is 1.51. The van der Waals surface area contributed by atoms with E-state index in [0.29, 0.717) is 29.8 Å². The first-order chi connectivity index (χ1) is 17.8. The number of pyridine rings is 1. The van der Waals surface area contributed by atoms with Crippen molar-refractivity contribution in [3.63, 3.8) is 0 Å². The zero-order valence-electron chi connectivity index (χ0n) is 19.9. The van der Waals surface area contributed by atoms with Gasteiger partial charge in [0.15, 0.2) is 5.75 Å². The molecule has 2 aromatic carbocycles. The summed E-state index contributed by atoms with van der Waals surface area (Å²) in [7, 11) is -4.05. The number of benzene rings is 2. The summed E-state index contributed by atoms with van der Waals surface area (Å²) in [4.78, 5) is 28.6. The van der Waals surface area contributed by atoms with E-state index in [0.717, 1.165) is 16.0 Å². The highest BCUT2D eigenvalue weighted by molar-refractivity contribution is 7.87. The second kappa shape index (κ2) is 9.04. The SMILES string of the molecule is Cc1ccc(S(=O)(=O)Oc2cc(=O)n3cc([C@H]4[C@@H]5CN(C(=O)OCc6ccccc6)C[C@@H]54)sc3c2)cc1. The summed E-state index contributed by atoms with van der Waals surface area (Å²) < 4.78 is 37.6. The molecule has 3 atom stereocenters.